The topological polar surface area (TPSA) is 66.8 Å². The number of nitrogens with one attached hydrogen (secondary N) is 1. The number of amides is 1. The molecule has 0 fully saturated rings. The van der Waals surface area contributed by atoms with Crippen molar-refractivity contribution in [3.63, 3.8) is 0 Å². The number of H-pyrrole nitrogens is 1. The van der Waals surface area contributed by atoms with Crippen LogP contribution in [0.1, 0.15) is 18.7 Å². The number of aromatic nitrogens is 4. The Kier molecular flexibility index (Phi) is 5.15. The highest BCUT2D eigenvalue weighted by molar-refractivity contribution is 6.31. The maximum Gasteiger partial charge on any atom is 0.222 e. The smallest absolute Gasteiger partial charge is 0.222 e. The van der Waals surface area contributed by atoms with Crippen LogP contribution in [0.25, 0.3) is 11.0 Å². The van der Waals surface area contributed by atoms with Gasteiger partial charge in [0.25, 0.3) is 0 Å². The number of likely N-dealkylation sites (N-methyl/N-ethyl adjacent to an activating group) is 1. The summed E-state index contributed by atoms with van der Waals surface area (Å²) in [6, 6.07) is 7.46. The van der Waals surface area contributed by atoms with Gasteiger partial charge in [-0.15, -0.1) is 0 Å². The molecule has 0 saturated carbocycles. The van der Waals surface area contributed by atoms with Crippen LogP contribution in [0.5, 0.6) is 0 Å². The molecule has 0 saturated heterocycles. The van der Waals surface area contributed by atoms with E-state index in [4.69, 9.17) is 11.6 Å². The molecule has 0 aliphatic carbocycles. The number of aromatic amines is 1. The second kappa shape index (κ2) is 7.49. The molecule has 126 valence electrons. The van der Waals surface area contributed by atoms with E-state index in [1.54, 1.807) is 11.1 Å². The Hall–Kier alpha value is -2.34. The molecule has 0 aliphatic rings. The molecule has 2 aromatic heterocycles. The first kappa shape index (κ1) is 16.5. The number of carbonyl (C=O) groups is 1. The fourth-order valence-corrected chi connectivity index (χ4v) is 2.74. The second-order valence-corrected chi connectivity index (χ2v) is 6.22. The minimum atomic E-state index is 0.140. The molecule has 0 unspecified atom stereocenters. The summed E-state index contributed by atoms with van der Waals surface area (Å²) >= 11 is 5.98. The first-order valence-corrected chi connectivity index (χ1v) is 8.35. The van der Waals surface area contributed by atoms with Gasteiger partial charge in [0, 0.05) is 50.4 Å². The van der Waals surface area contributed by atoms with Gasteiger partial charge in [-0.25, -0.2) is 4.98 Å². The number of aryl methyl sites for hydroxylation is 1. The molecule has 0 radical (unpaired) electrons. The van der Waals surface area contributed by atoms with Crippen LogP contribution in [-0.2, 0) is 17.8 Å². The normalized spacial score (nSPS) is 11.1. The van der Waals surface area contributed by atoms with Gasteiger partial charge in [-0.3, -0.25) is 9.48 Å². The third kappa shape index (κ3) is 4.14. The lowest BCUT2D eigenvalue weighted by molar-refractivity contribution is -0.130. The molecule has 24 heavy (non-hydrogen) atoms. The third-order valence-corrected chi connectivity index (χ3v) is 4.17. The lowest BCUT2D eigenvalue weighted by atomic mass is 10.2. The average Bonchev–Trinajstić information content (AvgIpc) is 3.21. The Labute approximate surface area is 145 Å². The highest BCUT2D eigenvalue weighted by Crippen LogP contribution is 2.17. The zero-order valence-corrected chi connectivity index (χ0v) is 14.3. The second-order valence-electron chi connectivity index (χ2n) is 5.78. The van der Waals surface area contributed by atoms with Gasteiger partial charge in [0.2, 0.25) is 5.91 Å². The van der Waals surface area contributed by atoms with Gasteiger partial charge >= 0.3 is 0 Å². The van der Waals surface area contributed by atoms with E-state index in [0.29, 0.717) is 24.4 Å². The van der Waals surface area contributed by atoms with Crippen LogP contribution in [0.15, 0.2) is 36.7 Å². The molecule has 2 heterocycles. The molecule has 0 aliphatic heterocycles. The summed E-state index contributed by atoms with van der Waals surface area (Å²) in [7, 11) is 1.83. The van der Waals surface area contributed by atoms with Crippen molar-refractivity contribution in [2.45, 2.75) is 25.8 Å². The van der Waals surface area contributed by atoms with Gasteiger partial charge in [-0.1, -0.05) is 11.6 Å². The minimum absolute atomic E-state index is 0.140. The molecular weight excluding hydrogens is 326 g/mol. The SMILES string of the molecule is CN(CCc1nc2ccc(Cl)cc2[nH]1)C(=O)CCCn1cccn1. The maximum absolute atomic E-state index is 12.2. The molecule has 3 rings (SSSR count). The molecule has 1 amide bonds. The number of hydrogen-bond donors (Lipinski definition) is 1. The van der Waals surface area contributed by atoms with E-state index in [1.807, 2.05) is 42.2 Å². The zero-order valence-electron chi connectivity index (χ0n) is 13.6. The average molecular weight is 346 g/mol. The first-order chi connectivity index (χ1) is 11.6. The summed E-state index contributed by atoms with van der Waals surface area (Å²) in [6.45, 7) is 1.39. The number of hydrogen-bond acceptors (Lipinski definition) is 3. The van der Waals surface area contributed by atoms with E-state index < -0.39 is 0 Å². The van der Waals surface area contributed by atoms with Crippen molar-refractivity contribution in [1.29, 1.82) is 0 Å². The predicted molar refractivity (Wildman–Crippen MR) is 93.9 cm³/mol. The van der Waals surface area contributed by atoms with Crippen molar-refractivity contribution in [3.8, 4) is 0 Å². The van der Waals surface area contributed by atoms with E-state index in [0.717, 1.165) is 29.8 Å². The van der Waals surface area contributed by atoms with E-state index in [9.17, 15) is 4.79 Å². The number of fused-ring (bicyclic) bond motifs is 1. The Balaban J connectivity index is 1.46. The summed E-state index contributed by atoms with van der Waals surface area (Å²) in [6.07, 6.45) is 5.64. The highest BCUT2D eigenvalue weighted by Gasteiger charge is 2.10. The Bertz CT molecular complexity index is 812. The molecule has 3 aromatic rings. The van der Waals surface area contributed by atoms with Crippen molar-refractivity contribution in [2.24, 2.45) is 0 Å². The van der Waals surface area contributed by atoms with Crippen molar-refractivity contribution < 1.29 is 4.79 Å². The van der Waals surface area contributed by atoms with E-state index in [-0.39, 0.29) is 5.91 Å². The van der Waals surface area contributed by atoms with Crippen LogP contribution in [0.3, 0.4) is 0 Å². The lowest BCUT2D eigenvalue weighted by Gasteiger charge is -2.16. The van der Waals surface area contributed by atoms with Crippen molar-refractivity contribution >= 4 is 28.5 Å². The van der Waals surface area contributed by atoms with Crippen LogP contribution in [-0.4, -0.2) is 44.1 Å². The summed E-state index contributed by atoms with van der Waals surface area (Å²) in [5.41, 5.74) is 1.81. The molecule has 7 heteroatoms. The number of nitrogens with zero attached hydrogens (tertiary/aromatic N) is 4. The van der Waals surface area contributed by atoms with Crippen molar-refractivity contribution in [2.75, 3.05) is 13.6 Å². The maximum atomic E-state index is 12.2. The molecular formula is C17H20ClN5O. The van der Waals surface area contributed by atoms with Gasteiger partial charge in [0.05, 0.1) is 11.0 Å². The van der Waals surface area contributed by atoms with Gasteiger partial charge in [0.1, 0.15) is 5.82 Å². The van der Waals surface area contributed by atoms with E-state index >= 15 is 0 Å². The fourth-order valence-electron chi connectivity index (χ4n) is 2.57. The van der Waals surface area contributed by atoms with E-state index in [2.05, 4.69) is 15.1 Å². The highest BCUT2D eigenvalue weighted by atomic mass is 35.5. The number of benzene rings is 1. The van der Waals surface area contributed by atoms with E-state index in [1.165, 1.54) is 0 Å². The van der Waals surface area contributed by atoms with Crippen molar-refractivity contribution in [1.82, 2.24) is 24.6 Å². The zero-order chi connectivity index (χ0) is 16.9. The van der Waals surface area contributed by atoms with Crippen molar-refractivity contribution in [3.05, 3.63) is 47.5 Å². The van der Waals surface area contributed by atoms with Gasteiger partial charge in [0.15, 0.2) is 0 Å². The van der Waals surface area contributed by atoms with Crippen LogP contribution in [0.4, 0.5) is 0 Å². The number of halogens is 1. The third-order valence-electron chi connectivity index (χ3n) is 3.94. The minimum Gasteiger partial charge on any atom is -0.345 e. The van der Waals surface area contributed by atoms with Crippen LogP contribution in [0, 0.1) is 0 Å². The van der Waals surface area contributed by atoms with Crippen LogP contribution in [0.2, 0.25) is 5.02 Å². The number of carbonyl (C=O) groups excluding carboxylic acids is 1. The molecule has 0 atom stereocenters. The van der Waals surface area contributed by atoms with Gasteiger partial charge < -0.3 is 9.88 Å². The molecule has 0 bridgehead atoms. The summed E-state index contributed by atoms with van der Waals surface area (Å²) in [5, 5.41) is 4.81. The summed E-state index contributed by atoms with van der Waals surface area (Å²) in [5.74, 6) is 1.00. The summed E-state index contributed by atoms with van der Waals surface area (Å²) in [4.78, 5) is 21.7. The summed E-state index contributed by atoms with van der Waals surface area (Å²) < 4.78 is 1.84. The molecule has 6 nitrogen and oxygen atoms in total. The Morgan fingerprint density at radius 2 is 2.29 bits per heavy atom. The fraction of sp³-hybridized carbons (Fsp3) is 0.353. The predicted octanol–water partition coefficient (Wildman–Crippen LogP) is 2.89. The molecule has 1 N–H and O–H groups in total. The Morgan fingerprint density at radius 1 is 1.42 bits per heavy atom. The van der Waals surface area contributed by atoms with Crippen LogP contribution >= 0.6 is 11.6 Å². The monoisotopic (exact) mass is 345 g/mol. The lowest BCUT2D eigenvalue weighted by Crippen LogP contribution is -2.29. The molecule has 1 aromatic carbocycles. The Morgan fingerprint density at radius 3 is 3.08 bits per heavy atom. The standard InChI is InChI=1S/C17H20ClN5O/c1-22(17(24)4-2-9-23-10-3-8-19-23)11-7-16-20-14-6-5-13(18)12-15(14)21-16/h3,5-6,8,10,12H,2,4,7,9,11H2,1H3,(H,20,21). The number of imidazole rings is 1. The quantitative estimate of drug-likeness (QED) is 0.716. The van der Waals surface area contributed by atoms with Crippen LogP contribution < -0.4 is 0 Å². The van der Waals surface area contributed by atoms with Gasteiger partial charge in [-0.2, -0.15) is 5.10 Å². The largest absolute Gasteiger partial charge is 0.345 e. The first-order valence-electron chi connectivity index (χ1n) is 7.97. The number of rotatable bonds is 7. The molecule has 0 spiro atoms. The van der Waals surface area contributed by atoms with Gasteiger partial charge in [-0.05, 0) is 30.7 Å².